The second kappa shape index (κ2) is 9.94. The molecular formula is C26H22N6O5. The predicted molar refractivity (Wildman–Crippen MR) is 133 cm³/mol. The molecule has 0 atom stereocenters. The summed E-state index contributed by atoms with van der Waals surface area (Å²) in [4.78, 5) is 38.5. The van der Waals surface area contributed by atoms with Crippen LogP contribution in [0.5, 0.6) is 11.6 Å². The van der Waals surface area contributed by atoms with Crippen molar-refractivity contribution < 1.29 is 23.5 Å². The van der Waals surface area contributed by atoms with Gasteiger partial charge in [0, 0.05) is 24.8 Å². The van der Waals surface area contributed by atoms with Crippen molar-refractivity contribution in [1.82, 2.24) is 25.1 Å². The molecule has 1 aromatic carbocycles. The minimum atomic E-state index is -0.667. The Labute approximate surface area is 211 Å². The van der Waals surface area contributed by atoms with Crippen LogP contribution in [0.15, 0.2) is 52.7 Å². The van der Waals surface area contributed by atoms with E-state index in [0.717, 1.165) is 11.1 Å². The Bertz CT molecular complexity index is 1550. The Morgan fingerprint density at radius 3 is 2.54 bits per heavy atom. The van der Waals surface area contributed by atoms with E-state index in [9.17, 15) is 9.59 Å². The van der Waals surface area contributed by atoms with Crippen LogP contribution in [0.3, 0.4) is 0 Å². The van der Waals surface area contributed by atoms with Gasteiger partial charge in [-0.05, 0) is 25.0 Å². The fourth-order valence-corrected chi connectivity index (χ4v) is 4.35. The molecule has 1 aliphatic rings. The third kappa shape index (κ3) is 4.29. The lowest BCUT2D eigenvalue weighted by Gasteiger charge is -2.28. The SMILES string of the molecule is [C-]#[N+]C(=C1CCN(C(=O)C(=O)c2c[nH]c3c(OC)ncc(OC)c23)CC1)c1nnc(-c2ccccc2)o1. The van der Waals surface area contributed by atoms with Crippen molar-refractivity contribution in [2.45, 2.75) is 12.8 Å². The number of hydrogen-bond acceptors (Lipinski definition) is 8. The second-order valence-electron chi connectivity index (χ2n) is 8.25. The highest BCUT2D eigenvalue weighted by Gasteiger charge is 2.30. The maximum absolute atomic E-state index is 13.2. The predicted octanol–water partition coefficient (Wildman–Crippen LogP) is 3.77. The largest absolute Gasteiger partial charge is 0.494 e. The second-order valence-corrected chi connectivity index (χ2v) is 8.25. The van der Waals surface area contributed by atoms with Crippen LogP contribution < -0.4 is 9.47 Å². The highest BCUT2D eigenvalue weighted by molar-refractivity contribution is 6.45. The summed E-state index contributed by atoms with van der Waals surface area (Å²) in [5.74, 6) is -0.178. The maximum atomic E-state index is 13.2. The van der Waals surface area contributed by atoms with E-state index in [-0.39, 0.29) is 36.1 Å². The van der Waals surface area contributed by atoms with Crippen molar-refractivity contribution in [1.29, 1.82) is 0 Å². The number of methoxy groups -OCH3 is 2. The topological polar surface area (TPSA) is 128 Å². The smallest absolute Gasteiger partial charge is 0.295 e. The van der Waals surface area contributed by atoms with Gasteiger partial charge in [-0.25, -0.2) is 9.83 Å². The lowest BCUT2D eigenvalue weighted by Crippen LogP contribution is -2.40. The van der Waals surface area contributed by atoms with Gasteiger partial charge < -0.3 is 23.8 Å². The molecule has 5 rings (SSSR count). The fraction of sp³-hybridized carbons (Fsp3) is 0.231. The van der Waals surface area contributed by atoms with Crippen LogP contribution in [0.2, 0.25) is 0 Å². The normalized spacial score (nSPS) is 13.3. The fourth-order valence-electron chi connectivity index (χ4n) is 4.35. The van der Waals surface area contributed by atoms with Crippen molar-refractivity contribution in [3.8, 4) is 23.1 Å². The van der Waals surface area contributed by atoms with Gasteiger partial charge in [0.2, 0.25) is 23.4 Å². The van der Waals surface area contributed by atoms with Gasteiger partial charge in [0.1, 0.15) is 11.3 Å². The maximum Gasteiger partial charge on any atom is 0.295 e. The molecule has 1 fully saturated rings. The van der Waals surface area contributed by atoms with Crippen molar-refractivity contribution in [2.75, 3.05) is 27.3 Å². The highest BCUT2D eigenvalue weighted by Crippen LogP contribution is 2.34. The first-order valence-electron chi connectivity index (χ1n) is 11.5. The van der Waals surface area contributed by atoms with E-state index in [1.807, 2.05) is 30.3 Å². The molecule has 0 saturated carbocycles. The number of likely N-dealkylation sites (tertiary alicyclic amines) is 1. The van der Waals surface area contributed by atoms with Gasteiger partial charge in [-0.1, -0.05) is 23.8 Å². The average molecular weight is 498 g/mol. The van der Waals surface area contributed by atoms with Gasteiger partial charge in [0.25, 0.3) is 11.7 Å². The first kappa shape index (κ1) is 23.7. The number of fused-ring (bicyclic) bond motifs is 1. The molecule has 11 heteroatoms. The molecule has 3 aromatic heterocycles. The molecule has 1 N–H and O–H groups in total. The number of benzene rings is 1. The third-order valence-electron chi connectivity index (χ3n) is 6.24. The third-order valence-corrected chi connectivity index (χ3v) is 6.24. The van der Waals surface area contributed by atoms with Gasteiger partial charge in [0.15, 0.2) is 0 Å². The molecule has 11 nitrogen and oxygen atoms in total. The molecule has 0 aliphatic carbocycles. The number of amides is 1. The summed E-state index contributed by atoms with van der Waals surface area (Å²) in [6.45, 7) is 8.23. The van der Waals surface area contributed by atoms with E-state index in [4.69, 9.17) is 20.5 Å². The standard InChI is InChI=1S/C26H22N6O5/c1-27-20(25-31-30-23(37-25)16-7-5-4-6-8-16)15-9-11-32(12-10-15)26(34)22(33)17-13-28-21-19(17)18(35-2)14-29-24(21)36-3/h4-8,13-14,28H,9-12H2,2-3H3. The summed E-state index contributed by atoms with van der Waals surface area (Å²) < 4.78 is 16.4. The molecule has 1 amide bonds. The molecule has 1 aliphatic heterocycles. The summed E-state index contributed by atoms with van der Waals surface area (Å²) in [7, 11) is 2.93. The number of rotatable bonds is 6. The quantitative estimate of drug-likeness (QED) is 0.242. The highest BCUT2D eigenvalue weighted by atomic mass is 16.5. The van der Waals surface area contributed by atoms with Crippen LogP contribution >= 0.6 is 0 Å². The first-order chi connectivity index (χ1) is 18.0. The van der Waals surface area contributed by atoms with Crippen LogP contribution in [0.4, 0.5) is 0 Å². The number of nitrogens with zero attached hydrogens (tertiary/aromatic N) is 5. The number of aromatic nitrogens is 4. The summed E-state index contributed by atoms with van der Waals surface area (Å²) in [6, 6.07) is 9.30. The summed E-state index contributed by atoms with van der Waals surface area (Å²) in [5, 5.41) is 8.56. The molecule has 0 bridgehead atoms. The number of piperidine rings is 1. The van der Waals surface area contributed by atoms with Crippen molar-refractivity contribution >= 4 is 28.3 Å². The number of hydrogen-bond donors (Lipinski definition) is 1. The van der Waals surface area contributed by atoms with Gasteiger partial charge in [0.05, 0.1) is 37.9 Å². The van der Waals surface area contributed by atoms with Crippen molar-refractivity contribution in [3.05, 3.63) is 71.2 Å². The van der Waals surface area contributed by atoms with E-state index in [1.165, 1.54) is 31.5 Å². The number of carbonyl (C=O) groups excluding carboxylic acids is 2. The minimum Gasteiger partial charge on any atom is -0.494 e. The van der Waals surface area contributed by atoms with E-state index >= 15 is 0 Å². The molecule has 0 radical (unpaired) electrons. The molecule has 0 spiro atoms. The number of ether oxygens (including phenoxy) is 2. The zero-order valence-electron chi connectivity index (χ0n) is 20.1. The Kier molecular flexibility index (Phi) is 6.38. The van der Waals surface area contributed by atoms with E-state index in [2.05, 4.69) is 25.0 Å². The number of Topliss-reactive ketones (excluding diaryl/α,β-unsaturated/α-hetero) is 1. The summed E-state index contributed by atoms with van der Waals surface area (Å²) in [6.07, 6.45) is 3.73. The zero-order valence-corrected chi connectivity index (χ0v) is 20.1. The molecule has 0 unspecified atom stereocenters. The van der Waals surface area contributed by atoms with Gasteiger partial charge >= 0.3 is 0 Å². The first-order valence-corrected chi connectivity index (χ1v) is 11.5. The molecular weight excluding hydrogens is 476 g/mol. The lowest BCUT2D eigenvalue weighted by atomic mass is 10.00. The Morgan fingerprint density at radius 2 is 1.86 bits per heavy atom. The molecule has 4 heterocycles. The Hall–Kier alpha value is -4.98. The van der Waals surface area contributed by atoms with Gasteiger partial charge in [-0.3, -0.25) is 9.59 Å². The number of carbonyl (C=O) groups is 2. The van der Waals surface area contributed by atoms with Crippen molar-refractivity contribution in [2.24, 2.45) is 0 Å². The number of nitrogens with one attached hydrogen (secondary N) is 1. The van der Waals surface area contributed by atoms with Crippen LogP contribution in [-0.2, 0) is 4.79 Å². The monoisotopic (exact) mass is 498 g/mol. The molecule has 1 saturated heterocycles. The van der Waals surface area contributed by atoms with E-state index in [1.54, 1.807) is 0 Å². The Balaban J connectivity index is 1.34. The summed E-state index contributed by atoms with van der Waals surface area (Å²) in [5.41, 5.74) is 2.50. The van der Waals surface area contributed by atoms with Crippen LogP contribution in [0, 0.1) is 6.57 Å². The van der Waals surface area contributed by atoms with E-state index in [0.29, 0.717) is 35.4 Å². The molecule has 37 heavy (non-hydrogen) atoms. The zero-order chi connectivity index (χ0) is 25.9. The number of ketones is 1. The Morgan fingerprint density at radius 1 is 1.11 bits per heavy atom. The number of H-pyrrole nitrogens is 1. The van der Waals surface area contributed by atoms with Gasteiger partial charge in [-0.2, -0.15) is 0 Å². The van der Waals surface area contributed by atoms with Crippen molar-refractivity contribution in [3.63, 3.8) is 0 Å². The van der Waals surface area contributed by atoms with Crippen LogP contribution in [0.1, 0.15) is 29.1 Å². The minimum absolute atomic E-state index is 0.146. The average Bonchev–Trinajstić information content (AvgIpc) is 3.62. The number of pyridine rings is 1. The number of aromatic amines is 1. The lowest BCUT2D eigenvalue weighted by molar-refractivity contribution is -0.126. The van der Waals surface area contributed by atoms with Crippen LogP contribution in [-0.4, -0.2) is 64.1 Å². The molecule has 186 valence electrons. The molecule has 4 aromatic rings. The van der Waals surface area contributed by atoms with Gasteiger partial charge in [-0.15, -0.1) is 10.2 Å². The van der Waals surface area contributed by atoms with E-state index < -0.39 is 11.7 Å². The summed E-state index contributed by atoms with van der Waals surface area (Å²) >= 11 is 0. The van der Waals surface area contributed by atoms with Crippen LogP contribution in [0.25, 0.3) is 32.9 Å².